The standard InChI is InChI=1S/C18H9ClF2N6/c19-14-7-12(5-6-15(14)21)26-8-13(10-1-3-11(20)4-2-10)16-17(26)22-9-27-18(16)23-24-25-27/h1-9H. The molecule has 0 unspecified atom stereocenters. The Morgan fingerprint density at radius 1 is 0.963 bits per heavy atom. The van der Waals surface area contributed by atoms with Crippen LogP contribution in [-0.4, -0.2) is 29.6 Å². The van der Waals surface area contributed by atoms with Crippen LogP contribution in [0.3, 0.4) is 0 Å². The van der Waals surface area contributed by atoms with Gasteiger partial charge in [-0.05, 0) is 46.3 Å². The van der Waals surface area contributed by atoms with Gasteiger partial charge in [0, 0.05) is 17.4 Å². The predicted octanol–water partition coefficient (Wildman–Crippen LogP) is 4.06. The lowest BCUT2D eigenvalue weighted by Crippen LogP contribution is -1.97. The Balaban J connectivity index is 1.87. The SMILES string of the molecule is Fc1ccc(-c2cn(-c3ccc(F)c(Cl)c3)c3ncn4nnnc4c23)cc1. The molecular weight excluding hydrogens is 374 g/mol. The van der Waals surface area contributed by atoms with Gasteiger partial charge >= 0.3 is 0 Å². The van der Waals surface area contributed by atoms with Crippen LogP contribution in [0.5, 0.6) is 0 Å². The van der Waals surface area contributed by atoms with Crippen molar-refractivity contribution in [3.05, 3.63) is 71.6 Å². The Morgan fingerprint density at radius 3 is 2.56 bits per heavy atom. The Kier molecular flexibility index (Phi) is 3.41. The van der Waals surface area contributed by atoms with Crippen molar-refractivity contribution in [3.8, 4) is 16.8 Å². The molecule has 6 nitrogen and oxygen atoms in total. The van der Waals surface area contributed by atoms with Crippen molar-refractivity contribution in [1.82, 2.24) is 29.6 Å². The molecule has 0 fully saturated rings. The first-order chi connectivity index (χ1) is 13.1. The number of rotatable bonds is 2. The van der Waals surface area contributed by atoms with Crippen molar-refractivity contribution >= 4 is 28.3 Å². The highest BCUT2D eigenvalue weighted by Crippen LogP contribution is 2.34. The van der Waals surface area contributed by atoms with Crippen LogP contribution in [0.25, 0.3) is 33.5 Å². The van der Waals surface area contributed by atoms with E-state index in [-0.39, 0.29) is 10.8 Å². The summed E-state index contributed by atoms with van der Waals surface area (Å²) >= 11 is 5.95. The molecule has 132 valence electrons. The zero-order chi connectivity index (χ0) is 18.5. The van der Waals surface area contributed by atoms with Crippen LogP contribution < -0.4 is 0 Å². The molecule has 27 heavy (non-hydrogen) atoms. The fraction of sp³-hybridized carbons (Fsp3) is 0. The average Bonchev–Trinajstić information content (AvgIpc) is 3.29. The molecule has 0 N–H and O–H groups in total. The van der Waals surface area contributed by atoms with E-state index in [1.54, 1.807) is 22.8 Å². The molecule has 0 saturated heterocycles. The van der Waals surface area contributed by atoms with Crippen LogP contribution in [0.4, 0.5) is 8.78 Å². The summed E-state index contributed by atoms with van der Waals surface area (Å²) in [6.45, 7) is 0. The maximum Gasteiger partial charge on any atom is 0.192 e. The van der Waals surface area contributed by atoms with E-state index in [0.29, 0.717) is 22.4 Å². The van der Waals surface area contributed by atoms with Gasteiger partial charge in [0.1, 0.15) is 18.0 Å². The summed E-state index contributed by atoms with van der Waals surface area (Å²) in [5.74, 6) is -0.840. The highest BCUT2D eigenvalue weighted by Gasteiger charge is 2.18. The number of aromatic nitrogens is 6. The van der Waals surface area contributed by atoms with E-state index in [4.69, 9.17) is 11.6 Å². The lowest BCUT2D eigenvalue weighted by Gasteiger charge is -2.05. The number of halogens is 3. The van der Waals surface area contributed by atoms with Gasteiger partial charge < -0.3 is 4.57 Å². The van der Waals surface area contributed by atoms with Crippen molar-refractivity contribution in [2.75, 3.05) is 0 Å². The second-order valence-electron chi connectivity index (χ2n) is 5.91. The summed E-state index contributed by atoms with van der Waals surface area (Å²) in [5.41, 5.74) is 3.24. The molecule has 9 heteroatoms. The van der Waals surface area contributed by atoms with Gasteiger partial charge in [0.15, 0.2) is 11.3 Å². The van der Waals surface area contributed by atoms with E-state index >= 15 is 0 Å². The average molecular weight is 383 g/mol. The van der Waals surface area contributed by atoms with E-state index in [0.717, 1.165) is 11.1 Å². The van der Waals surface area contributed by atoms with Crippen molar-refractivity contribution in [2.24, 2.45) is 0 Å². The largest absolute Gasteiger partial charge is 0.300 e. The molecule has 3 aromatic heterocycles. The number of hydrogen-bond acceptors (Lipinski definition) is 4. The smallest absolute Gasteiger partial charge is 0.192 e. The van der Waals surface area contributed by atoms with Crippen molar-refractivity contribution in [1.29, 1.82) is 0 Å². The van der Waals surface area contributed by atoms with E-state index in [9.17, 15) is 8.78 Å². The first kappa shape index (κ1) is 15.8. The second-order valence-corrected chi connectivity index (χ2v) is 6.32. The Labute approximate surface area is 155 Å². The summed E-state index contributed by atoms with van der Waals surface area (Å²) in [5, 5.41) is 12.3. The van der Waals surface area contributed by atoms with Crippen molar-refractivity contribution in [3.63, 3.8) is 0 Å². The third kappa shape index (κ3) is 2.45. The first-order valence-electron chi connectivity index (χ1n) is 7.91. The van der Waals surface area contributed by atoms with Gasteiger partial charge in [-0.15, -0.1) is 5.10 Å². The molecule has 5 rings (SSSR count). The third-order valence-corrected chi connectivity index (χ3v) is 4.61. The lowest BCUT2D eigenvalue weighted by molar-refractivity contribution is 0.627. The number of hydrogen-bond donors (Lipinski definition) is 0. The van der Waals surface area contributed by atoms with Crippen LogP contribution >= 0.6 is 11.6 Å². The maximum atomic E-state index is 13.6. The number of fused-ring (bicyclic) bond motifs is 3. The second kappa shape index (κ2) is 5.82. The van der Waals surface area contributed by atoms with Crippen LogP contribution in [0, 0.1) is 11.6 Å². The van der Waals surface area contributed by atoms with Crippen LogP contribution in [0.2, 0.25) is 5.02 Å². The van der Waals surface area contributed by atoms with Gasteiger partial charge in [-0.25, -0.2) is 13.8 Å². The van der Waals surface area contributed by atoms with E-state index in [2.05, 4.69) is 20.5 Å². The van der Waals surface area contributed by atoms with Crippen LogP contribution in [0.15, 0.2) is 55.0 Å². The molecule has 0 aliphatic rings. The molecule has 2 aromatic carbocycles. The highest BCUT2D eigenvalue weighted by molar-refractivity contribution is 6.30. The molecule has 0 aliphatic carbocycles. The summed E-state index contributed by atoms with van der Waals surface area (Å²) in [6.07, 6.45) is 3.32. The number of nitrogens with zero attached hydrogens (tertiary/aromatic N) is 6. The molecule has 0 atom stereocenters. The van der Waals surface area contributed by atoms with Gasteiger partial charge in [0.25, 0.3) is 0 Å². The minimum atomic E-state index is -0.507. The molecule has 0 bridgehead atoms. The Bertz CT molecular complexity index is 1310. The van der Waals surface area contributed by atoms with Crippen LogP contribution in [0.1, 0.15) is 0 Å². The fourth-order valence-electron chi connectivity index (χ4n) is 3.07. The molecular formula is C18H9ClF2N6. The minimum absolute atomic E-state index is 0.00269. The van der Waals surface area contributed by atoms with E-state index < -0.39 is 5.82 Å². The monoisotopic (exact) mass is 382 g/mol. The number of tetrazole rings is 1. The zero-order valence-corrected chi connectivity index (χ0v) is 14.3. The van der Waals surface area contributed by atoms with Gasteiger partial charge in [-0.2, -0.15) is 4.52 Å². The molecule has 0 spiro atoms. The maximum absolute atomic E-state index is 13.6. The summed E-state index contributed by atoms with van der Waals surface area (Å²) in [6, 6.07) is 10.5. The fourth-order valence-corrected chi connectivity index (χ4v) is 3.24. The number of benzene rings is 2. The van der Waals surface area contributed by atoms with E-state index in [1.807, 2.05) is 6.20 Å². The summed E-state index contributed by atoms with van der Waals surface area (Å²) in [7, 11) is 0. The molecule has 0 aliphatic heterocycles. The minimum Gasteiger partial charge on any atom is -0.300 e. The van der Waals surface area contributed by atoms with Crippen LogP contribution in [-0.2, 0) is 0 Å². The lowest BCUT2D eigenvalue weighted by atomic mass is 10.1. The highest BCUT2D eigenvalue weighted by atomic mass is 35.5. The van der Waals surface area contributed by atoms with Gasteiger partial charge in [0.2, 0.25) is 0 Å². The summed E-state index contributed by atoms with van der Waals surface area (Å²) < 4.78 is 30.2. The Hall–Kier alpha value is -3.39. The quantitative estimate of drug-likeness (QED) is 0.462. The Morgan fingerprint density at radius 2 is 1.78 bits per heavy atom. The zero-order valence-electron chi connectivity index (χ0n) is 13.5. The molecule has 0 amide bonds. The van der Waals surface area contributed by atoms with Crippen molar-refractivity contribution in [2.45, 2.75) is 0 Å². The molecule has 0 radical (unpaired) electrons. The summed E-state index contributed by atoms with van der Waals surface area (Å²) in [4.78, 5) is 4.45. The van der Waals surface area contributed by atoms with Gasteiger partial charge in [-0.1, -0.05) is 23.7 Å². The van der Waals surface area contributed by atoms with Crippen molar-refractivity contribution < 1.29 is 8.78 Å². The molecule has 0 saturated carbocycles. The first-order valence-corrected chi connectivity index (χ1v) is 8.29. The normalized spacial score (nSPS) is 11.5. The topological polar surface area (TPSA) is 60.9 Å². The third-order valence-electron chi connectivity index (χ3n) is 4.32. The van der Waals surface area contributed by atoms with Gasteiger partial charge in [0.05, 0.1) is 10.4 Å². The molecule has 5 aromatic rings. The molecule has 3 heterocycles. The van der Waals surface area contributed by atoms with Gasteiger partial charge in [-0.3, -0.25) is 0 Å². The van der Waals surface area contributed by atoms with E-state index in [1.165, 1.54) is 35.1 Å². The predicted molar refractivity (Wildman–Crippen MR) is 95.8 cm³/mol.